The van der Waals surface area contributed by atoms with Gasteiger partial charge in [0.1, 0.15) is 11.9 Å². The third kappa shape index (κ3) is 12.5. The van der Waals surface area contributed by atoms with Crippen LogP contribution in [0.1, 0.15) is 78.7 Å². The first-order valence-electron chi connectivity index (χ1n) is 12.7. The van der Waals surface area contributed by atoms with Gasteiger partial charge in [-0.15, -0.1) is 0 Å². The van der Waals surface area contributed by atoms with Crippen LogP contribution in [0.5, 0.6) is 0 Å². The molecule has 39 heavy (non-hydrogen) atoms. The van der Waals surface area contributed by atoms with Gasteiger partial charge in [0.15, 0.2) is 0 Å². The number of nitrogens with zero attached hydrogens (tertiary/aromatic N) is 1. The molecule has 0 saturated heterocycles. The van der Waals surface area contributed by atoms with Gasteiger partial charge >= 0.3 is 6.18 Å². The highest BCUT2D eigenvalue weighted by molar-refractivity contribution is 6.31. The zero-order chi connectivity index (χ0) is 30.2. The number of halogens is 4. The van der Waals surface area contributed by atoms with Crippen molar-refractivity contribution in [3.05, 3.63) is 74.6 Å². The zero-order valence-electron chi connectivity index (χ0n) is 23.3. The number of hydrogen-bond acceptors (Lipinski definition) is 5. The minimum Gasteiger partial charge on any atom is -0.483 e. The lowest BCUT2D eigenvalue weighted by Crippen LogP contribution is -2.48. The minimum absolute atomic E-state index is 0.112. The lowest BCUT2D eigenvalue weighted by Gasteiger charge is -2.28. The maximum atomic E-state index is 14.4. The monoisotopic (exact) mass is 572 g/mol. The summed E-state index contributed by atoms with van der Waals surface area (Å²) in [7, 11) is 0. The Hall–Kier alpha value is -3.11. The van der Waals surface area contributed by atoms with Crippen LogP contribution in [0.3, 0.4) is 0 Å². The quantitative estimate of drug-likeness (QED) is 0.203. The Balaban J connectivity index is 0.00000269. The molecule has 11 heteroatoms. The van der Waals surface area contributed by atoms with Crippen LogP contribution in [0.25, 0.3) is 11.1 Å². The summed E-state index contributed by atoms with van der Waals surface area (Å²) >= 11 is 5.92. The molecule has 0 fully saturated rings. The maximum absolute atomic E-state index is 14.4. The van der Waals surface area contributed by atoms with Gasteiger partial charge < -0.3 is 15.8 Å². The molecule has 0 aromatic carbocycles. The average Bonchev–Trinajstić information content (AvgIpc) is 2.91. The molecule has 0 bridgehead atoms. The molecule has 1 aliphatic carbocycles. The number of nitrogens with one attached hydrogen (secondary N) is 2. The highest BCUT2D eigenvalue weighted by atomic mass is 35.5. The number of nitrogens with two attached hydrogens (primary N) is 1. The molecule has 7 nitrogen and oxygen atoms in total. The molecule has 2 rings (SSSR count). The summed E-state index contributed by atoms with van der Waals surface area (Å²) in [4.78, 5) is 27.8. The predicted molar refractivity (Wildman–Crippen MR) is 153 cm³/mol. The molecule has 2 atom stereocenters. The first-order valence-corrected chi connectivity index (χ1v) is 13.1. The van der Waals surface area contributed by atoms with Crippen molar-refractivity contribution in [2.24, 2.45) is 5.73 Å². The van der Waals surface area contributed by atoms with E-state index in [2.05, 4.69) is 15.3 Å². The highest BCUT2D eigenvalue weighted by Crippen LogP contribution is 2.33. The van der Waals surface area contributed by atoms with Crippen molar-refractivity contribution in [2.45, 2.75) is 85.5 Å². The van der Waals surface area contributed by atoms with Crippen molar-refractivity contribution in [2.75, 3.05) is 0 Å². The smallest absolute Gasteiger partial charge is 0.408 e. The fraction of sp³-hybridized carbons (Fsp3) is 0.464. The molecule has 0 spiro atoms. The topological polar surface area (TPSA) is 121 Å². The summed E-state index contributed by atoms with van der Waals surface area (Å²) in [5, 5.41) is 9.75. The standard InChI is InChI=1S/C25H32ClF3N4O.C2H6.CH2O2/c1-5-15(2)11-20(23(25(27,28)29)31-17(4)16(3)12-19(26)14-30)24-32-21(13-22(34)33-24)18-9-7-6-8-10-18;1-2;2-1-3/h5,9,11-14,17,23,31H,6-8,10,30H2,1-4H3,(H,32,33,34);1-2H3;1H,(H,2,3)/b15-5-,16-12-,19-14+,20-11-;;. The number of allylic oxidation sites excluding steroid dienone is 7. The number of H-pyrrole nitrogens is 1. The lowest BCUT2D eigenvalue weighted by atomic mass is 9.96. The van der Waals surface area contributed by atoms with E-state index in [1.54, 1.807) is 33.8 Å². The van der Waals surface area contributed by atoms with E-state index in [9.17, 15) is 18.0 Å². The molecule has 1 aromatic rings. The molecule has 1 aromatic heterocycles. The Morgan fingerprint density at radius 2 is 1.87 bits per heavy atom. The Bertz CT molecular complexity index is 1140. The molecule has 0 aliphatic heterocycles. The van der Waals surface area contributed by atoms with E-state index in [-0.39, 0.29) is 22.9 Å². The summed E-state index contributed by atoms with van der Waals surface area (Å²) in [6, 6.07) is -1.46. The SMILES string of the molecule is C/C=C(C)\C=C(/c1nc(C2=CCCCC2)cc(=O)[nH]1)C(NC(C)/C(C)=C\C(Cl)=C/N)C(F)(F)F.CC.O=CO. The van der Waals surface area contributed by atoms with Gasteiger partial charge in [0, 0.05) is 23.9 Å². The number of aromatic nitrogens is 2. The highest BCUT2D eigenvalue weighted by Gasteiger charge is 2.44. The van der Waals surface area contributed by atoms with Gasteiger partial charge in [-0.2, -0.15) is 13.2 Å². The van der Waals surface area contributed by atoms with Gasteiger partial charge in [0.25, 0.3) is 12.0 Å². The molecular formula is C28H40ClF3N4O3. The van der Waals surface area contributed by atoms with E-state index in [4.69, 9.17) is 27.2 Å². The van der Waals surface area contributed by atoms with E-state index in [1.165, 1.54) is 24.4 Å². The Morgan fingerprint density at radius 1 is 1.26 bits per heavy atom. The van der Waals surface area contributed by atoms with Crippen molar-refractivity contribution in [3.63, 3.8) is 0 Å². The van der Waals surface area contributed by atoms with Crippen molar-refractivity contribution in [1.82, 2.24) is 15.3 Å². The van der Waals surface area contributed by atoms with Gasteiger partial charge in [0.05, 0.1) is 10.7 Å². The van der Waals surface area contributed by atoms with Crippen LogP contribution in [0.2, 0.25) is 0 Å². The van der Waals surface area contributed by atoms with Crippen LogP contribution in [-0.2, 0) is 4.79 Å². The maximum Gasteiger partial charge on any atom is 0.408 e. The molecule has 5 N–H and O–H groups in total. The fourth-order valence-electron chi connectivity index (χ4n) is 3.58. The van der Waals surface area contributed by atoms with Crippen LogP contribution in [-0.4, -0.2) is 39.8 Å². The molecule has 0 amide bonds. The first-order chi connectivity index (χ1) is 18.4. The molecule has 1 heterocycles. The van der Waals surface area contributed by atoms with Crippen LogP contribution in [0.4, 0.5) is 13.2 Å². The van der Waals surface area contributed by atoms with Crippen molar-refractivity contribution in [3.8, 4) is 0 Å². The third-order valence-electron chi connectivity index (χ3n) is 5.74. The van der Waals surface area contributed by atoms with Gasteiger partial charge in [0.2, 0.25) is 0 Å². The number of carbonyl (C=O) groups is 1. The van der Waals surface area contributed by atoms with Crippen molar-refractivity contribution < 1.29 is 23.1 Å². The molecule has 0 saturated carbocycles. The lowest BCUT2D eigenvalue weighted by molar-refractivity contribution is -0.143. The second kappa shape index (κ2) is 18.2. The van der Waals surface area contributed by atoms with Gasteiger partial charge in [-0.25, -0.2) is 4.98 Å². The molecule has 2 unspecified atom stereocenters. The van der Waals surface area contributed by atoms with Crippen LogP contribution in [0.15, 0.2) is 57.5 Å². The Morgan fingerprint density at radius 3 is 2.36 bits per heavy atom. The van der Waals surface area contributed by atoms with Gasteiger partial charge in [-0.05, 0) is 65.0 Å². The van der Waals surface area contributed by atoms with Crippen LogP contribution in [0, 0.1) is 0 Å². The van der Waals surface area contributed by atoms with Crippen molar-refractivity contribution in [1.29, 1.82) is 0 Å². The molecule has 1 aliphatic rings. The van der Waals surface area contributed by atoms with Crippen LogP contribution >= 0.6 is 11.6 Å². The summed E-state index contributed by atoms with van der Waals surface area (Å²) in [6.07, 6.45) is 6.69. The molecule has 0 radical (unpaired) electrons. The van der Waals surface area contributed by atoms with Gasteiger partial charge in [-0.1, -0.05) is 54.8 Å². The average molecular weight is 573 g/mol. The normalized spacial score (nSPS) is 16.6. The van der Waals surface area contributed by atoms with E-state index in [0.29, 0.717) is 16.8 Å². The van der Waals surface area contributed by atoms with Crippen LogP contribution < -0.4 is 16.6 Å². The fourth-order valence-corrected chi connectivity index (χ4v) is 3.75. The second-order valence-electron chi connectivity index (χ2n) is 8.50. The van der Waals surface area contributed by atoms with Crippen molar-refractivity contribution >= 4 is 29.2 Å². The van der Waals surface area contributed by atoms with E-state index < -0.39 is 23.8 Å². The molecular weight excluding hydrogens is 533 g/mol. The Kier molecular flexibility index (Phi) is 16.8. The Labute approximate surface area is 233 Å². The van der Waals surface area contributed by atoms with Gasteiger partial charge in [-0.3, -0.25) is 14.9 Å². The minimum atomic E-state index is -4.67. The predicted octanol–water partition coefficient (Wildman–Crippen LogP) is 6.70. The zero-order valence-corrected chi connectivity index (χ0v) is 24.1. The number of aromatic amines is 1. The number of rotatable bonds is 8. The summed E-state index contributed by atoms with van der Waals surface area (Å²) in [5.41, 5.74) is 7.16. The van der Waals surface area contributed by atoms with E-state index in [1.807, 2.05) is 19.9 Å². The van der Waals surface area contributed by atoms with E-state index in [0.717, 1.165) is 31.3 Å². The van der Waals surface area contributed by atoms with E-state index >= 15 is 0 Å². The molecule has 218 valence electrons. The largest absolute Gasteiger partial charge is 0.483 e. The summed E-state index contributed by atoms with van der Waals surface area (Å²) < 4.78 is 43.2. The number of alkyl halides is 3. The first kappa shape index (κ1) is 35.9. The second-order valence-corrected chi connectivity index (χ2v) is 8.93. The summed E-state index contributed by atoms with van der Waals surface area (Å²) in [6.45, 7) is 10.4. The summed E-state index contributed by atoms with van der Waals surface area (Å²) in [5.74, 6) is -0.112. The number of carboxylic acid groups (broad SMARTS) is 1. The number of hydrogen-bond donors (Lipinski definition) is 4. The third-order valence-corrected chi connectivity index (χ3v) is 5.97.